The fourth-order valence-electron chi connectivity index (χ4n) is 2.03. The molecule has 90 valence electrons. The van der Waals surface area contributed by atoms with Crippen molar-refractivity contribution in [3.05, 3.63) is 0 Å². The van der Waals surface area contributed by atoms with Gasteiger partial charge in [0.1, 0.15) is 5.04 Å². The second-order valence-corrected chi connectivity index (χ2v) is 5.50. The molecule has 6 heteroatoms. The summed E-state index contributed by atoms with van der Waals surface area (Å²) in [5, 5.41) is 11.0. The van der Waals surface area contributed by atoms with Gasteiger partial charge in [-0.25, -0.2) is 4.99 Å². The van der Waals surface area contributed by atoms with Gasteiger partial charge in [-0.2, -0.15) is 0 Å². The molecule has 4 nitrogen and oxygen atoms in total. The minimum absolute atomic E-state index is 0.00620. The Bertz CT molecular complexity index is 328. The number of aliphatic imine (C=N–C) groups is 2. The zero-order chi connectivity index (χ0) is 11.6. The molecule has 1 aliphatic heterocycles. The molecule has 2 aliphatic rings. The van der Waals surface area contributed by atoms with E-state index >= 15 is 0 Å². The molecule has 1 saturated carbocycles. The number of rotatable bonds is 2. The van der Waals surface area contributed by atoms with Gasteiger partial charge < -0.3 is 10.8 Å². The molecule has 0 bridgehead atoms. The van der Waals surface area contributed by atoms with Crippen molar-refractivity contribution in [3.8, 4) is 0 Å². The fraction of sp³-hybridized carbons (Fsp3) is 0.800. The Balaban J connectivity index is 2.11. The summed E-state index contributed by atoms with van der Waals surface area (Å²) in [6.07, 6.45) is 5.88. The van der Waals surface area contributed by atoms with Crippen LogP contribution in [0.15, 0.2) is 9.98 Å². The molecular formula is C10H16ClN3OS. The second kappa shape index (κ2) is 4.94. The summed E-state index contributed by atoms with van der Waals surface area (Å²) in [6, 6.07) is 0.298. The van der Waals surface area contributed by atoms with Crippen LogP contribution in [0.1, 0.15) is 32.1 Å². The highest BCUT2D eigenvalue weighted by atomic mass is 35.5. The van der Waals surface area contributed by atoms with Gasteiger partial charge in [0.15, 0.2) is 5.17 Å². The van der Waals surface area contributed by atoms with Crippen LogP contribution in [0.5, 0.6) is 0 Å². The zero-order valence-corrected chi connectivity index (χ0v) is 10.6. The summed E-state index contributed by atoms with van der Waals surface area (Å²) in [5.74, 6) is 0.00620. The lowest BCUT2D eigenvalue weighted by molar-refractivity contribution is 0.151. The number of hydrogen-bond donors (Lipinski definition) is 2. The minimum atomic E-state index is -1.38. The van der Waals surface area contributed by atoms with Crippen LogP contribution in [-0.2, 0) is 0 Å². The summed E-state index contributed by atoms with van der Waals surface area (Å²) >= 11 is 6.95. The molecule has 1 heterocycles. The number of thioether (sulfide) groups is 1. The monoisotopic (exact) mass is 261 g/mol. The number of hydrogen-bond acceptors (Lipinski definition) is 5. The number of aliphatic hydroxyl groups is 1. The molecule has 16 heavy (non-hydrogen) atoms. The average Bonchev–Trinajstić information content (AvgIpc) is 2.56. The topological polar surface area (TPSA) is 71.0 Å². The van der Waals surface area contributed by atoms with E-state index in [9.17, 15) is 5.11 Å². The van der Waals surface area contributed by atoms with Gasteiger partial charge in [-0.3, -0.25) is 4.99 Å². The number of halogens is 1. The molecule has 0 aromatic rings. The zero-order valence-electron chi connectivity index (χ0n) is 9.03. The van der Waals surface area contributed by atoms with E-state index in [4.69, 9.17) is 17.3 Å². The standard InChI is InChI=1S/C10H16ClN3OS/c11-6-10(15)8(16-9(12)14-10)13-7-4-2-1-3-5-7/h7,15H,1-6H2,(H2,12,14). The van der Waals surface area contributed by atoms with Crippen LogP contribution in [0.25, 0.3) is 0 Å². The van der Waals surface area contributed by atoms with Crippen molar-refractivity contribution in [2.45, 2.75) is 43.9 Å². The van der Waals surface area contributed by atoms with Crippen molar-refractivity contribution in [2.75, 3.05) is 5.88 Å². The first-order valence-electron chi connectivity index (χ1n) is 5.54. The van der Waals surface area contributed by atoms with Crippen molar-refractivity contribution in [3.63, 3.8) is 0 Å². The summed E-state index contributed by atoms with van der Waals surface area (Å²) in [7, 11) is 0. The first-order chi connectivity index (χ1) is 7.64. The SMILES string of the molecule is NC1=NC(O)(CCl)C(=NC2CCCCC2)S1. The van der Waals surface area contributed by atoms with Crippen LogP contribution < -0.4 is 5.73 Å². The van der Waals surface area contributed by atoms with E-state index in [1.165, 1.54) is 31.0 Å². The van der Waals surface area contributed by atoms with E-state index in [0.717, 1.165) is 12.8 Å². The van der Waals surface area contributed by atoms with Gasteiger partial charge in [0, 0.05) is 0 Å². The Morgan fingerprint density at radius 2 is 2.19 bits per heavy atom. The summed E-state index contributed by atoms with van der Waals surface area (Å²) in [5.41, 5.74) is 4.21. The molecule has 0 aromatic heterocycles. The minimum Gasteiger partial charge on any atom is -0.378 e. The molecule has 0 aromatic carbocycles. The molecule has 3 N–H and O–H groups in total. The van der Waals surface area contributed by atoms with E-state index in [2.05, 4.69) is 9.98 Å². The Morgan fingerprint density at radius 3 is 2.81 bits per heavy atom. The van der Waals surface area contributed by atoms with Crippen molar-refractivity contribution < 1.29 is 5.11 Å². The van der Waals surface area contributed by atoms with Gasteiger partial charge in [0.2, 0.25) is 5.72 Å². The Kier molecular flexibility index (Phi) is 3.77. The molecule has 1 unspecified atom stereocenters. The van der Waals surface area contributed by atoms with E-state index in [-0.39, 0.29) is 5.88 Å². The van der Waals surface area contributed by atoms with Gasteiger partial charge in [0.05, 0.1) is 11.9 Å². The van der Waals surface area contributed by atoms with E-state index in [1.54, 1.807) is 0 Å². The quantitative estimate of drug-likeness (QED) is 0.744. The normalized spacial score (nSPS) is 34.4. The highest BCUT2D eigenvalue weighted by molar-refractivity contribution is 8.27. The van der Waals surface area contributed by atoms with Crippen LogP contribution >= 0.6 is 23.4 Å². The molecule has 1 fully saturated rings. The third kappa shape index (κ3) is 2.52. The third-order valence-electron chi connectivity index (χ3n) is 2.90. The maximum absolute atomic E-state index is 10.1. The van der Waals surface area contributed by atoms with Gasteiger partial charge >= 0.3 is 0 Å². The van der Waals surface area contributed by atoms with Gasteiger partial charge in [0.25, 0.3) is 0 Å². The highest BCUT2D eigenvalue weighted by Gasteiger charge is 2.39. The molecule has 1 atom stereocenters. The molecule has 0 radical (unpaired) electrons. The molecule has 0 spiro atoms. The maximum atomic E-state index is 10.1. The van der Waals surface area contributed by atoms with E-state index in [0.29, 0.717) is 16.3 Å². The second-order valence-electron chi connectivity index (χ2n) is 4.23. The number of nitrogens with two attached hydrogens (primary N) is 1. The molecule has 0 amide bonds. The van der Waals surface area contributed by atoms with Crippen LogP contribution in [0.3, 0.4) is 0 Å². The molecule has 2 rings (SSSR count). The average molecular weight is 262 g/mol. The van der Waals surface area contributed by atoms with Gasteiger partial charge in [-0.15, -0.1) is 11.6 Å². The largest absolute Gasteiger partial charge is 0.378 e. The highest BCUT2D eigenvalue weighted by Crippen LogP contribution is 2.31. The number of amidine groups is 1. The first-order valence-corrected chi connectivity index (χ1v) is 6.89. The molecular weight excluding hydrogens is 246 g/mol. The van der Waals surface area contributed by atoms with Crippen molar-refractivity contribution in [1.82, 2.24) is 0 Å². The lowest BCUT2D eigenvalue weighted by Gasteiger charge is -2.21. The Labute approximate surface area is 104 Å². The van der Waals surface area contributed by atoms with Crippen LogP contribution in [0, 0.1) is 0 Å². The van der Waals surface area contributed by atoms with E-state index in [1.807, 2.05) is 0 Å². The summed E-state index contributed by atoms with van der Waals surface area (Å²) < 4.78 is 0. The van der Waals surface area contributed by atoms with Crippen LogP contribution in [0.4, 0.5) is 0 Å². The summed E-state index contributed by atoms with van der Waals surface area (Å²) in [4.78, 5) is 8.50. The van der Waals surface area contributed by atoms with Gasteiger partial charge in [-0.05, 0) is 24.6 Å². The van der Waals surface area contributed by atoms with Crippen molar-refractivity contribution in [1.29, 1.82) is 0 Å². The first kappa shape index (κ1) is 12.2. The smallest absolute Gasteiger partial charge is 0.221 e. The fourth-order valence-corrected chi connectivity index (χ4v) is 3.17. The van der Waals surface area contributed by atoms with E-state index < -0.39 is 5.72 Å². The maximum Gasteiger partial charge on any atom is 0.221 e. The van der Waals surface area contributed by atoms with Crippen LogP contribution in [0.2, 0.25) is 0 Å². The Hall–Kier alpha value is -0.260. The summed E-state index contributed by atoms with van der Waals surface area (Å²) in [6.45, 7) is 0. The molecule has 0 saturated heterocycles. The molecule has 1 aliphatic carbocycles. The van der Waals surface area contributed by atoms with Crippen molar-refractivity contribution in [2.24, 2.45) is 15.7 Å². The Morgan fingerprint density at radius 1 is 1.50 bits per heavy atom. The predicted octanol–water partition coefficient (Wildman–Crippen LogP) is 1.71. The number of alkyl halides is 1. The van der Waals surface area contributed by atoms with Crippen LogP contribution in [-0.4, -0.2) is 33.0 Å². The lowest BCUT2D eigenvalue weighted by atomic mass is 9.96. The predicted molar refractivity (Wildman–Crippen MR) is 69.2 cm³/mol. The third-order valence-corrected chi connectivity index (χ3v) is 4.20. The van der Waals surface area contributed by atoms with Crippen molar-refractivity contribution >= 4 is 33.6 Å². The lowest BCUT2D eigenvalue weighted by Crippen LogP contribution is -2.34. The van der Waals surface area contributed by atoms with Gasteiger partial charge in [-0.1, -0.05) is 19.3 Å². The number of nitrogens with zero attached hydrogens (tertiary/aromatic N) is 2.